The molecule has 1 saturated carbocycles. The monoisotopic (exact) mass is 226 g/mol. The summed E-state index contributed by atoms with van der Waals surface area (Å²) in [4.78, 5) is 46.4. The molecule has 0 saturated heterocycles. The number of Topliss-reactive ketones (excluding diaryl/α,β-unsaturated/α-hetero) is 3. The molecule has 0 aromatic heterocycles. The van der Waals surface area contributed by atoms with E-state index in [-0.39, 0.29) is 0 Å². The number of aliphatic carboxylic acids is 1. The van der Waals surface area contributed by atoms with Crippen molar-refractivity contribution in [3.05, 3.63) is 0 Å². The van der Waals surface area contributed by atoms with Gasteiger partial charge in [0.1, 0.15) is 0 Å². The normalized spacial score (nSPS) is 24.6. The Hall–Kier alpha value is -1.52. The molecule has 0 spiro atoms. The molecule has 1 fully saturated rings. The number of carboxylic acid groups (broad SMARTS) is 1. The fourth-order valence-electron chi connectivity index (χ4n) is 2.07. The van der Waals surface area contributed by atoms with Gasteiger partial charge in [-0.2, -0.15) is 0 Å². The summed E-state index contributed by atoms with van der Waals surface area (Å²) in [6, 6.07) is 0. The zero-order valence-electron chi connectivity index (χ0n) is 9.66. The highest BCUT2D eigenvalue weighted by atomic mass is 16.4. The van der Waals surface area contributed by atoms with Crippen LogP contribution in [0.2, 0.25) is 0 Å². The van der Waals surface area contributed by atoms with Crippen molar-refractivity contribution in [3.63, 3.8) is 0 Å². The molecule has 0 amide bonds. The molecule has 1 rings (SSSR count). The molecule has 1 N–H and O–H groups in total. The predicted octanol–water partition coefficient (Wildman–Crippen LogP) is 0.460. The Bertz CT molecular complexity index is 373. The lowest BCUT2D eigenvalue weighted by molar-refractivity contribution is -0.165. The van der Waals surface area contributed by atoms with Crippen LogP contribution in [0.4, 0.5) is 0 Å². The first-order valence-corrected chi connectivity index (χ1v) is 4.91. The molecule has 0 unspecified atom stereocenters. The van der Waals surface area contributed by atoms with Crippen molar-refractivity contribution >= 4 is 23.3 Å². The Balaban J connectivity index is 3.40. The zero-order valence-corrected chi connectivity index (χ0v) is 9.66. The van der Waals surface area contributed by atoms with E-state index in [0.717, 1.165) is 0 Å². The Morgan fingerprint density at radius 1 is 1.00 bits per heavy atom. The van der Waals surface area contributed by atoms with Crippen molar-refractivity contribution in [1.82, 2.24) is 0 Å². The number of ketones is 3. The van der Waals surface area contributed by atoms with Crippen molar-refractivity contribution in [1.29, 1.82) is 0 Å². The number of rotatable bonds is 1. The van der Waals surface area contributed by atoms with E-state index in [1.807, 2.05) is 0 Å². The maximum atomic E-state index is 11.9. The van der Waals surface area contributed by atoms with Crippen LogP contribution in [0.15, 0.2) is 0 Å². The molecule has 16 heavy (non-hydrogen) atoms. The second-order valence-electron chi connectivity index (χ2n) is 5.08. The van der Waals surface area contributed by atoms with Crippen LogP contribution in [0.25, 0.3) is 0 Å². The van der Waals surface area contributed by atoms with Gasteiger partial charge in [-0.25, -0.2) is 0 Å². The average Bonchev–Trinajstić information content (AvgIpc) is 2.14. The summed E-state index contributed by atoms with van der Waals surface area (Å²) in [5.41, 5.74) is -2.83. The summed E-state index contributed by atoms with van der Waals surface area (Å²) >= 11 is 0. The molecule has 1 aliphatic rings. The number of hydrogen-bond acceptors (Lipinski definition) is 4. The van der Waals surface area contributed by atoms with E-state index >= 15 is 0 Å². The Morgan fingerprint density at radius 3 is 1.56 bits per heavy atom. The maximum Gasteiger partial charge on any atom is 0.321 e. The minimum Gasteiger partial charge on any atom is -0.480 e. The molecule has 0 aromatic rings. The van der Waals surface area contributed by atoms with Crippen LogP contribution in [0.1, 0.15) is 27.7 Å². The average molecular weight is 226 g/mol. The molecule has 0 aromatic carbocycles. The lowest BCUT2D eigenvalue weighted by Gasteiger charge is -2.38. The van der Waals surface area contributed by atoms with Gasteiger partial charge in [0, 0.05) is 0 Å². The molecule has 0 aliphatic heterocycles. The number of hydrogen-bond donors (Lipinski definition) is 1. The smallest absolute Gasteiger partial charge is 0.321 e. The van der Waals surface area contributed by atoms with Crippen molar-refractivity contribution < 1.29 is 24.3 Å². The molecule has 5 nitrogen and oxygen atoms in total. The first-order chi connectivity index (χ1) is 7.04. The molecule has 0 atom stereocenters. The van der Waals surface area contributed by atoms with Gasteiger partial charge in [-0.15, -0.1) is 0 Å². The molecule has 88 valence electrons. The van der Waals surface area contributed by atoms with Gasteiger partial charge in [-0.1, -0.05) is 0 Å². The quantitative estimate of drug-likeness (QED) is 0.656. The third kappa shape index (κ3) is 1.38. The fourth-order valence-corrected chi connectivity index (χ4v) is 2.07. The van der Waals surface area contributed by atoms with Crippen molar-refractivity contribution in [2.24, 2.45) is 16.7 Å². The van der Waals surface area contributed by atoms with Crippen LogP contribution in [-0.2, 0) is 19.2 Å². The van der Waals surface area contributed by atoms with E-state index in [2.05, 4.69) is 0 Å². The summed E-state index contributed by atoms with van der Waals surface area (Å²) in [7, 11) is 0. The Morgan fingerprint density at radius 2 is 1.31 bits per heavy atom. The van der Waals surface area contributed by atoms with Crippen molar-refractivity contribution in [2.75, 3.05) is 0 Å². The van der Waals surface area contributed by atoms with E-state index in [1.54, 1.807) is 0 Å². The first kappa shape index (κ1) is 12.5. The van der Waals surface area contributed by atoms with Gasteiger partial charge in [0.2, 0.25) is 0 Å². The summed E-state index contributed by atoms with van der Waals surface area (Å²) in [6.45, 7) is 5.45. The van der Waals surface area contributed by atoms with Gasteiger partial charge >= 0.3 is 5.97 Å². The van der Waals surface area contributed by atoms with Gasteiger partial charge < -0.3 is 5.11 Å². The Labute approximate surface area is 92.8 Å². The lowest BCUT2D eigenvalue weighted by atomic mass is 9.59. The second-order valence-corrected chi connectivity index (χ2v) is 5.08. The largest absolute Gasteiger partial charge is 0.480 e. The van der Waals surface area contributed by atoms with E-state index in [4.69, 9.17) is 5.11 Å². The summed E-state index contributed by atoms with van der Waals surface area (Å²) in [5, 5.41) is 8.88. The second kappa shape index (κ2) is 3.23. The van der Waals surface area contributed by atoms with E-state index in [9.17, 15) is 19.2 Å². The van der Waals surface area contributed by atoms with Crippen molar-refractivity contribution in [3.8, 4) is 0 Å². The number of carboxylic acids is 1. The van der Waals surface area contributed by atoms with Gasteiger partial charge in [-0.3, -0.25) is 19.2 Å². The summed E-state index contributed by atoms with van der Waals surface area (Å²) in [6.07, 6.45) is 0. The standard InChI is InChI=1S/C11H14O5/c1-10(2)6(12)5(8(14)15)7(13)11(3,4)9(10)16/h5H,1-4H3,(H,14,15). The molecule has 5 heteroatoms. The van der Waals surface area contributed by atoms with Gasteiger partial charge in [0.25, 0.3) is 0 Å². The van der Waals surface area contributed by atoms with Crippen molar-refractivity contribution in [2.45, 2.75) is 27.7 Å². The third-order valence-corrected chi connectivity index (χ3v) is 3.14. The van der Waals surface area contributed by atoms with E-state index in [1.165, 1.54) is 27.7 Å². The molecule has 0 heterocycles. The highest BCUT2D eigenvalue weighted by Crippen LogP contribution is 2.40. The van der Waals surface area contributed by atoms with E-state index in [0.29, 0.717) is 0 Å². The van der Waals surface area contributed by atoms with Gasteiger partial charge in [-0.05, 0) is 27.7 Å². The first-order valence-electron chi connectivity index (χ1n) is 4.91. The van der Waals surface area contributed by atoms with Crippen LogP contribution in [0, 0.1) is 16.7 Å². The molecule has 0 bridgehead atoms. The van der Waals surface area contributed by atoms with Crippen LogP contribution >= 0.6 is 0 Å². The zero-order chi connectivity index (χ0) is 12.9. The highest BCUT2D eigenvalue weighted by molar-refractivity contribution is 6.34. The molecule has 1 aliphatic carbocycles. The topological polar surface area (TPSA) is 88.5 Å². The van der Waals surface area contributed by atoms with Crippen LogP contribution in [-0.4, -0.2) is 28.4 Å². The maximum absolute atomic E-state index is 11.9. The third-order valence-electron chi connectivity index (χ3n) is 3.14. The molecule has 0 radical (unpaired) electrons. The lowest BCUT2D eigenvalue weighted by Crippen LogP contribution is -2.59. The summed E-state index contributed by atoms with van der Waals surface area (Å²) in [5.74, 6) is -5.37. The predicted molar refractivity (Wildman–Crippen MR) is 53.7 cm³/mol. The summed E-state index contributed by atoms with van der Waals surface area (Å²) < 4.78 is 0. The fraction of sp³-hybridized carbons (Fsp3) is 0.636. The highest BCUT2D eigenvalue weighted by Gasteiger charge is 2.60. The van der Waals surface area contributed by atoms with Crippen LogP contribution in [0.5, 0.6) is 0 Å². The SMILES string of the molecule is CC1(C)C(=O)C(C(=O)O)C(=O)C(C)(C)C1=O. The minimum absolute atomic E-state index is 0.521. The Kier molecular flexibility index (Phi) is 2.54. The van der Waals surface area contributed by atoms with E-state index < -0.39 is 40.1 Å². The van der Waals surface area contributed by atoms with Gasteiger partial charge in [0.15, 0.2) is 23.3 Å². The number of carbonyl (C=O) groups excluding carboxylic acids is 3. The molecular weight excluding hydrogens is 212 g/mol. The van der Waals surface area contributed by atoms with Crippen LogP contribution < -0.4 is 0 Å². The molecular formula is C11H14O5. The number of carbonyl (C=O) groups is 4. The van der Waals surface area contributed by atoms with Gasteiger partial charge in [0.05, 0.1) is 10.8 Å². The van der Waals surface area contributed by atoms with Crippen LogP contribution in [0.3, 0.4) is 0 Å². The minimum atomic E-state index is -1.72.